The number of anilines is 1. The summed E-state index contributed by atoms with van der Waals surface area (Å²) in [6.45, 7) is 1.82. The molecule has 0 spiro atoms. The van der Waals surface area contributed by atoms with E-state index in [1.807, 2.05) is 19.1 Å². The van der Waals surface area contributed by atoms with Crippen LogP contribution in [-0.4, -0.2) is 45.4 Å². The molecule has 0 saturated heterocycles. The summed E-state index contributed by atoms with van der Waals surface area (Å²) < 4.78 is 31.8. The summed E-state index contributed by atoms with van der Waals surface area (Å²) in [5.74, 6) is 0.931. The molecule has 1 atom stereocenters. The van der Waals surface area contributed by atoms with Gasteiger partial charge in [-0.2, -0.15) is 4.31 Å². The zero-order valence-corrected chi connectivity index (χ0v) is 17.3. The number of carbonyl (C=O) groups is 1. The molecule has 1 aromatic carbocycles. The maximum atomic E-state index is 13.1. The molecule has 0 aliphatic heterocycles. The normalized spacial score (nSPS) is 15.6. The number of benzene rings is 1. The molecule has 0 N–H and O–H groups in total. The van der Waals surface area contributed by atoms with Gasteiger partial charge in [0.25, 0.3) is 10.0 Å². The number of nitrogens with zero attached hydrogens (tertiary/aromatic N) is 2. The predicted molar refractivity (Wildman–Crippen MR) is 107 cm³/mol. The van der Waals surface area contributed by atoms with E-state index in [9.17, 15) is 13.2 Å². The number of rotatable bonds is 8. The number of hydrogen-bond acceptors (Lipinski definition) is 5. The molecule has 1 heterocycles. The van der Waals surface area contributed by atoms with Crippen LogP contribution < -0.4 is 9.64 Å². The smallest absolute Gasteiger partial charge is 0.252 e. The van der Waals surface area contributed by atoms with Gasteiger partial charge in [0, 0.05) is 18.8 Å². The first kappa shape index (κ1) is 19.9. The lowest BCUT2D eigenvalue weighted by Gasteiger charge is -2.31. The third-order valence-electron chi connectivity index (χ3n) is 4.85. The number of methoxy groups -OCH3 is 1. The Bertz CT molecular complexity index is 875. The molecule has 146 valence electrons. The van der Waals surface area contributed by atoms with Crippen molar-refractivity contribution in [2.24, 2.45) is 5.92 Å². The molecule has 6 nitrogen and oxygen atoms in total. The van der Waals surface area contributed by atoms with Crippen LogP contribution in [0.3, 0.4) is 0 Å². The molecule has 1 amide bonds. The highest BCUT2D eigenvalue weighted by molar-refractivity contribution is 7.91. The van der Waals surface area contributed by atoms with Crippen molar-refractivity contribution in [2.45, 2.75) is 30.0 Å². The van der Waals surface area contributed by atoms with E-state index in [0.29, 0.717) is 11.7 Å². The van der Waals surface area contributed by atoms with E-state index in [4.69, 9.17) is 4.74 Å². The fourth-order valence-corrected chi connectivity index (χ4v) is 5.38. The van der Waals surface area contributed by atoms with Gasteiger partial charge < -0.3 is 9.64 Å². The fourth-order valence-electron chi connectivity index (χ4n) is 3.05. The van der Waals surface area contributed by atoms with Crippen LogP contribution in [0.15, 0.2) is 46.0 Å². The Morgan fingerprint density at radius 1 is 1.26 bits per heavy atom. The molecule has 27 heavy (non-hydrogen) atoms. The van der Waals surface area contributed by atoms with E-state index >= 15 is 0 Å². The van der Waals surface area contributed by atoms with Crippen molar-refractivity contribution < 1.29 is 17.9 Å². The van der Waals surface area contributed by atoms with Gasteiger partial charge in [-0.25, -0.2) is 8.42 Å². The van der Waals surface area contributed by atoms with Crippen molar-refractivity contribution in [3.05, 3.63) is 41.8 Å². The van der Waals surface area contributed by atoms with E-state index in [-0.39, 0.29) is 22.7 Å². The van der Waals surface area contributed by atoms with E-state index in [2.05, 4.69) is 0 Å². The Morgan fingerprint density at radius 3 is 2.44 bits per heavy atom. The molecule has 0 bridgehead atoms. The maximum absolute atomic E-state index is 13.1. The second kappa shape index (κ2) is 8.00. The summed E-state index contributed by atoms with van der Waals surface area (Å²) >= 11 is 1.15. The van der Waals surface area contributed by atoms with Crippen LogP contribution in [0, 0.1) is 5.92 Å². The minimum Gasteiger partial charge on any atom is -0.497 e. The van der Waals surface area contributed by atoms with Crippen LogP contribution in [0.2, 0.25) is 0 Å². The molecule has 1 unspecified atom stereocenters. The van der Waals surface area contributed by atoms with Gasteiger partial charge >= 0.3 is 0 Å². The number of thiophene rings is 1. The van der Waals surface area contributed by atoms with Gasteiger partial charge in [0.2, 0.25) is 5.91 Å². The topological polar surface area (TPSA) is 66.9 Å². The van der Waals surface area contributed by atoms with Crippen molar-refractivity contribution in [1.29, 1.82) is 0 Å². The zero-order valence-electron chi connectivity index (χ0n) is 15.7. The van der Waals surface area contributed by atoms with E-state index < -0.39 is 10.0 Å². The first-order chi connectivity index (χ1) is 12.8. The predicted octanol–water partition coefficient (Wildman–Crippen LogP) is 3.21. The van der Waals surface area contributed by atoms with Gasteiger partial charge in [-0.15, -0.1) is 11.3 Å². The first-order valence-corrected chi connectivity index (χ1v) is 11.1. The Hall–Kier alpha value is -1.90. The van der Waals surface area contributed by atoms with Gasteiger partial charge in [0.05, 0.1) is 13.7 Å². The van der Waals surface area contributed by atoms with Gasteiger partial charge in [-0.3, -0.25) is 4.79 Å². The molecule has 1 aliphatic rings. The van der Waals surface area contributed by atoms with Crippen molar-refractivity contribution in [3.63, 3.8) is 0 Å². The summed E-state index contributed by atoms with van der Waals surface area (Å²) in [4.78, 5) is 14.8. The lowest BCUT2D eigenvalue weighted by atomic mass is 10.1. The first-order valence-electron chi connectivity index (χ1n) is 8.80. The highest BCUT2D eigenvalue weighted by atomic mass is 32.2. The molecular weight excluding hydrogens is 384 g/mol. The van der Waals surface area contributed by atoms with Crippen LogP contribution in [0.5, 0.6) is 5.75 Å². The largest absolute Gasteiger partial charge is 0.497 e. The van der Waals surface area contributed by atoms with Crippen molar-refractivity contribution in [1.82, 2.24) is 4.31 Å². The average molecular weight is 409 g/mol. The lowest BCUT2D eigenvalue weighted by molar-refractivity contribution is -0.119. The van der Waals surface area contributed by atoms with Crippen LogP contribution >= 0.6 is 11.3 Å². The van der Waals surface area contributed by atoms with Gasteiger partial charge in [0.15, 0.2) is 0 Å². The molecule has 1 aromatic heterocycles. The Balaban J connectivity index is 1.82. The second-order valence-corrected chi connectivity index (χ2v) is 9.95. The van der Waals surface area contributed by atoms with E-state index in [0.717, 1.165) is 34.2 Å². The van der Waals surface area contributed by atoms with Crippen LogP contribution in [0.4, 0.5) is 5.69 Å². The second-order valence-electron chi connectivity index (χ2n) is 6.73. The zero-order chi connectivity index (χ0) is 19.6. The molecule has 1 aliphatic carbocycles. The number of likely N-dealkylation sites (N-methyl/N-ethyl adjacent to an activating group) is 1. The number of sulfonamides is 1. The highest BCUT2D eigenvalue weighted by Crippen LogP contribution is 2.37. The Labute approximate surface area is 164 Å². The molecule has 3 rings (SSSR count). The van der Waals surface area contributed by atoms with Crippen LogP contribution in [0.25, 0.3) is 0 Å². The molecule has 8 heteroatoms. The van der Waals surface area contributed by atoms with Gasteiger partial charge in [0.1, 0.15) is 9.96 Å². The molecular formula is C19H24N2O4S2. The monoisotopic (exact) mass is 408 g/mol. The number of hydrogen-bond donors (Lipinski definition) is 0. The summed E-state index contributed by atoms with van der Waals surface area (Å²) in [5, 5.41) is 1.71. The summed E-state index contributed by atoms with van der Waals surface area (Å²) in [6.07, 6.45) is 2.18. The maximum Gasteiger partial charge on any atom is 0.252 e. The molecule has 1 saturated carbocycles. The molecule has 1 fully saturated rings. The number of amides is 1. The van der Waals surface area contributed by atoms with Crippen molar-refractivity contribution >= 4 is 33.0 Å². The standard InChI is InChI=1S/C19H24N2O4S2/c1-14(15-6-7-15)21(16-8-10-17(25-3)11-9-16)18(22)13-20(2)27(23,24)19-5-4-12-26-19/h4-5,8-12,14-15H,6-7,13H2,1-3H3. The lowest BCUT2D eigenvalue weighted by Crippen LogP contribution is -2.46. The van der Waals surface area contributed by atoms with Crippen LogP contribution in [0.1, 0.15) is 19.8 Å². The quantitative estimate of drug-likeness (QED) is 0.673. The SMILES string of the molecule is COc1ccc(N(C(=O)CN(C)S(=O)(=O)c2cccs2)C(C)C2CC2)cc1. The van der Waals surface area contributed by atoms with E-state index in [1.54, 1.807) is 41.7 Å². The summed E-state index contributed by atoms with van der Waals surface area (Å²) in [5.41, 5.74) is 0.752. The summed E-state index contributed by atoms with van der Waals surface area (Å²) in [7, 11) is -0.625. The number of ether oxygens (including phenoxy) is 1. The fraction of sp³-hybridized carbons (Fsp3) is 0.421. The molecule has 2 aromatic rings. The van der Waals surface area contributed by atoms with E-state index in [1.165, 1.54) is 7.05 Å². The van der Waals surface area contributed by atoms with Crippen LogP contribution in [-0.2, 0) is 14.8 Å². The summed E-state index contributed by atoms with van der Waals surface area (Å²) in [6, 6.07) is 10.5. The Morgan fingerprint density at radius 2 is 1.93 bits per heavy atom. The van der Waals surface area contributed by atoms with Gasteiger partial charge in [-0.1, -0.05) is 6.07 Å². The number of carbonyl (C=O) groups excluding carboxylic acids is 1. The highest BCUT2D eigenvalue weighted by Gasteiger charge is 2.36. The third kappa shape index (κ3) is 4.34. The third-order valence-corrected chi connectivity index (χ3v) is 8.02. The average Bonchev–Trinajstić information content (AvgIpc) is 3.35. The Kier molecular flexibility index (Phi) is 5.88. The van der Waals surface area contributed by atoms with Gasteiger partial charge in [-0.05, 0) is 61.4 Å². The minimum atomic E-state index is -3.66. The molecule has 0 radical (unpaired) electrons. The van der Waals surface area contributed by atoms with Crippen molar-refractivity contribution in [3.8, 4) is 5.75 Å². The van der Waals surface area contributed by atoms with Crippen molar-refractivity contribution in [2.75, 3.05) is 25.6 Å². The minimum absolute atomic E-state index is 0.0173.